The SMILES string of the molecule is O=C1CCc2ccc(cc2)OCCCCOc2ccc(cc2)C[C@@H](C(=O)N[C@@H](Cc2ccccc2)B(O)O)NC(=O)c2ccc1[nH]2. The lowest BCUT2D eigenvalue weighted by atomic mass is 9.75. The molecule has 0 saturated carbocycles. The first kappa shape index (κ1) is 32.5. The van der Waals surface area contributed by atoms with Crippen LogP contribution >= 0.6 is 0 Å². The Morgan fingerprint density at radius 2 is 1.41 bits per heavy atom. The molecule has 0 aliphatic carbocycles. The molecule has 1 aromatic heterocycles. The zero-order chi connectivity index (χ0) is 32.3. The normalized spacial score (nSPS) is 16.8. The Hall–Kier alpha value is -4.87. The van der Waals surface area contributed by atoms with E-state index in [9.17, 15) is 24.4 Å². The first-order valence-electron chi connectivity index (χ1n) is 15.5. The van der Waals surface area contributed by atoms with Crippen molar-refractivity contribution in [1.29, 1.82) is 0 Å². The first-order valence-corrected chi connectivity index (χ1v) is 15.5. The van der Waals surface area contributed by atoms with Gasteiger partial charge in [-0.1, -0.05) is 54.6 Å². The largest absolute Gasteiger partial charge is 0.494 e. The van der Waals surface area contributed by atoms with E-state index in [1.54, 1.807) is 18.2 Å². The lowest BCUT2D eigenvalue weighted by Gasteiger charge is -2.23. The molecule has 46 heavy (non-hydrogen) atoms. The number of aromatic amines is 1. The van der Waals surface area contributed by atoms with E-state index >= 15 is 0 Å². The summed E-state index contributed by atoms with van der Waals surface area (Å²) < 4.78 is 11.7. The molecular formula is C35H38BN3O7. The second kappa shape index (κ2) is 15.9. The quantitative estimate of drug-likeness (QED) is 0.214. The zero-order valence-electron chi connectivity index (χ0n) is 25.5. The zero-order valence-corrected chi connectivity index (χ0v) is 25.5. The van der Waals surface area contributed by atoms with Crippen molar-refractivity contribution in [2.75, 3.05) is 13.2 Å². The molecule has 238 valence electrons. The number of ketones is 1. The van der Waals surface area contributed by atoms with Crippen LogP contribution in [0.25, 0.3) is 0 Å². The van der Waals surface area contributed by atoms with Gasteiger partial charge in [0, 0.05) is 12.8 Å². The van der Waals surface area contributed by atoms with E-state index in [0.717, 1.165) is 35.3 Å². The molecule has 4 aromatic rings. The molecular weight excluding hydrogens is 585 g/mol. The van der Waals surface area contributed by atoms with Gasteiger partial charge < -0.3 is 35.1 Å². The van der Waals surface area contributed by atoms with Gasteiger partial charge in [0.05, 0.1) is 24.8 Å². The Bertz CT molecular complexity index is 1590. The minimum Gasteiger partial charge on any atom is -0.494 e. The number of nitrogens with one attached hydrogen (secondary N) is 3. The highest BCUT2D eigenvalue weighted by molar-refractivity contribution is 6.43. The van der Waals surface area contributed by atoms with Crippen molar-refractivity contribution in [3.05, 3.63) is 119 Å². The summed E-state index contributed by atoms with van der Waals surface area (Å²) in [4.78, 5) is 42.7. The van der Waals surface area contributed by atoms with Crippen molar-refractivity contribution in [3.8, 4) is 11.5 Å². The second-order valence-electron chi connectivity index (χ2n) is 11.3. The highest BCUT2D eigenvalue weighted by atomic mass is 16.5. The van der Waals surface area contributed by atoms with Crippen LogP contribution in [0.1, 0.15) is 56.9 Å². The lowest BCUT2D eigenvalue weighted by Crippen LogP contribution is -2.55. The van der Waals surface area contributed by atoms with Crippen LogP contribution in [0.3, 0.4) is 0 Å². The monoisotopic (exact) mass is 623 g/mol. The van der Waals surface area contributed by atoms with Crippen molar-refractivity contribution < 1.29 is 33.9 Å². The van der Waals surface area contributed by atoms with Gasteiger partial charge in [0.15, 0.2) is 5.78 Å². The molecule has 0 fully saturated rings. The van der Waals surface area contributed by atoms with Gasteiger partial charge in [-0.15, -0.1) is 0 Å². The predicted molar refractivity (Wildman–Crippen MR) is 174 cm³/mol. The maximum Gasteiger partial charge on any atom is 0.475 e. The summed E-state index contributed by atoms with van der Waals surface area (Å²) in [7, 11) is -1.83. The number of rotatable bonds is 5. The Labute approximate surface area is 268 Å². The highest BCUT2D eigenvalue weighted by Crippen LogP contribution is 2.18. The summed E-state index contributed by atoms with van der Waals surface area (Å²) >= 11 is 0. The highest BCUT2D eigenvalue weighted by Gasteiger charge is 2.30. The minimum atomic E-state index is -1.83. The van der Waals surface area contributed by atoms with Crippen molar-refractivity contribution in [3.63, 3.8) is 0 Å². The molecule has 0 radical (unpaired) electrons. The van der Waals surface area contributed by atoms with Gasteiger partial charge in [0.25, 0.3) is 5.91 Å². The van der Waals surface area contributed by atoms with Crippen LogP contribution in [0, 0.1) is 0 Å². The molecule has 0 unspecified atom stereocenters. The van der Waals surface area contributed by atoms with Crippen molar-refractivity contribution >= 4 is 24.7 Å². The number of carbonyl (C=O) groups excluding carboxylic acids is 3. The maximum absolute atomic E-state index is 13.6. The van der Waals surface area contributed by atoms with Gasteiger partial charge in [-0.25, -0.2) is 0 Å². The molecule has 6 bridgehead atoms. The Kier molecular flexibility index (Phi) is 11.3. The number of carbonyl (C=O) groups is 3. The van der Waals surface area contributed by atoms with E-state index in [1.165, 1.54) is 6.07 Å². The third-order valence-corrected chi connectivity index (χ3v) is 7.84. The smallest absolute Gasteiger partial charge is 0.475 e. The number of H-pyrrole nitrogens is 1. The van der Waals surface area contributed by atoms with E-state index < -0.39 is 30.9 Å². The van der Waals surface area contributed by atoms with Gasteiger partial charge in [-0.05, 0) is 78.8 Å². The molecule has 0 spiro atoms. The number of benzene rings is 3. The summed E-state index contributed by atoms with van der Waals surface area (Å²) in [6.07, 6.45) is 2.69. The Morgan fingerprint density at radius 1 is 0.804 bits per heavy atom. The van der Waals surface area contributed by atoms with Crippen molar-refractivity contribution in [2.45, 2.75) is 50.5 Å². The van der Waals surface area contributed by atoms with Crippen LogP contribution in [-0.2, 0) is 24.1 Å². The Balaban J connectivity index is 1.35. The average Bonchev–Trinajstić information content (AvgIpc) is 3.57. The fourth-order valence-corrected chi connectivity index (χ4v) is 5.20. The summed E-state index contributed by atoms with van der Waals surface area (Å²) in [5.74, 6) is -0.872. The number of ether oxygens (including phenoxy) is 2. The summed E-state index contributed by atoms with van der Waals surface area (Å²) in [5.41, 5.74) is 2.98. The number of amides is 2. The van der Waals surface area contributed by atoms with E-state index in [4.69, 9.17) is 9.47 Å². The van der Waals surface area contributed by atoms with Crippen LogP contribution in [0.2, 0.25) is 0 Å². The lowest BCUT2D eigenvalue weighted by molar-refractivity contribution is -0.123. The topological polar surface area (TPSA) is 150 Å². The predicted octanol–water partition coefficient (Wildman–Crippen LogP) is 3.46. The fourth-order valence-electron chi connectivity index (χ4n) is 5.20. The molecule has 11 heteroatoms. The van der Waals surface area contributed by atoms with Crippen LogP contribution in [0.4, 0.5) is 0 Å². The maximum atomic E-state index is 13.6. The summed E-state index contributed by atoms with van der Waals surface area (Å²) in [5, 5.41) is 25.6. The average molecular weight is 624 g/mol. The van der Waals surface area contributed by atoms with Crippen molar-refractivity contribution in [2.24, 2.45) is 0 Å². The second-order valence-corrected chi connectivity index (χ2v) is 11.3. The van der Waals surface area contributed by atoms with E-state index in [2.05, 4.69) is 15.6 Å². The molecule has 3 aromatic carbocycles. The Morgan fingerprint density at radius 3 is 2.04 bits per heavy atom. The molecule has 8 rings (SSSR count). The minimum absolute atomic E-state index is 0.125. The van der Waals surface area contributed by atoms with Gasteiger partial charge in [-0.2, -0.15) is 0 Å². The van der Waals surface area contributed by atoms with Crippen LogP contribution in [0.15, 0.2) is 91.0 Å². The van der Waals surface area contributed by atoms with E-state index in [0.29, 0.717) is 31.1 Å². The molecule has 2 amide bonds. The first-order chi connectivity index (χ1) is 22.3. The molecule has 10 nitrogen and oxygen atoms in total. The van der Waals surface area contributed by atoms with Gasteiger partial charge in [0.2, 0.25) is 5.91 Å². The number of Topliss-reactive ketones (excluding diaryl/α,β-unsaturated/α-hetero) is 1. The molecule has 4 aliphatic rings. The molecule has 5 N–H and O–H groups in total. The third-order valence-electron chi connectivity index (χ3n) is 7.84. The van der Waals surface area contributed by atoms with Gasteiger partial charge in [-0.3, -0.25) is 14.4 Å². The number of hydrogen-bond donors (Lipinski definition) is 5. The number of aromatic nitrogens is 1. The molecule has 0 saturated heterocycles. The van der Waals surface area contributed by atoms with Gasteiger partial charge >= 0.3 is 7.12 Å². The van der Waals surface area contributed by atoms with E-state index in [1.807, 2.05) is 66.7 Å². The number of hydrogen-bond acceptors (Lipinski definition) is 7. The fraction of sp³-hybridized carbons (Fsp3) is 0.286. The molecule has 5 heterocycles. The van der Waals surface area contributed by atoms with E-state index in [-0.39, 0.29) is 30.7 Å². The van der Waals surface area contributed by atoms with Crippen LogP contribution in [-0.4, -0.2) is 64.9 Å². The molecule has 2 atom stereocenters. The van der Waals surface area contributed by atoms with Crippen LogP contribution in [0.5, 0.6) is 11.5 Å². The number of aryl methyl sites for hydroxylation is 1. The van der Waals surface area contributed by atoms with Crippen molar-refractivity contribution in [1.82, 2.24) is 15.6 Å². The standard InChI is InChI=1S/C35H38BN3O7/c40-32-19-12-24-8-13-27(14-9-24)45-20-4-5-21-46-28-15-10-26(11-16-28)22-31(38-34(41)30-18-17-29(32)37-30)35(42)39-33(36(43)44)23-25-6-2-1-3-7-25/h1-3,6-11,13-18,31,33,37,43-44H,4-5,12,19-23H2,(H,38,41)(H,39,42)/t31-,33-/m0/s1. The summed E-state index contributed by atoms with van der Waals surface area (Å²) in [6, 6.07) is 26.1. The van der Waals surface area contributed by atoms with Crippen LogP contribution < -0.4 is 20.1 Å². The third kappa shape index (κ3) is 9.32. The molecule has 4 aliphatic heterocycles. The summed E-state index contributed by atoms with van der Waals surface area (Å²) in [6.45, 7) is 1.07. The van der Waals surface area contributed by atoms with Gasteiger partial charge in [0.1, 0.15) is 23.2 Å².